The Morgan fingerprint density at radius 1 is 0.865 bits per heavy atom. The maximum Gasteiger partial charge on any atom is 0.573 e. The summed E-state index contributed by atoms with van der Waals surface area (Å²) in [5, 5.41) is 0. The van der Waals surface area contributed by atoms with Gasteiger partial charge in [-0.1, -0.05) is 6.07 Å². The quantitative estimate of drug-likeness (QED) is 0.410. The summed E-state index contributed by atoms with van der Waals surface area (Å²) in [4.78, 5) is 2.07. The summed E-state index contributed by atoms with van der Waals surface area (Å²) in [5.41, 5.74) is 4.40. The lowest BCUT2D eigenvalue weighted by molar-refractivity contribution is -0.274. The number of nitrogens with zero attached hydrogens (tertiary/aromatic N) is 1. The van der Waals surface area contributed by atoms with Crippen molar-refractivity contribution >= 4 is 10.1 Å². The number of rotatable bonds is 6. The summed E-state index contributed by atoms with van der Waals surface area (Å²) in [7, 11) is -1.30. The molecule has 0 saturated heterocycles. The molecule has 37 heavy (non-hydrogen) atoms. The first-order valence-corrected chi connectivity index (χ1v) is 12.9. The van der Waals surface area contributed by atoms with E-state index in [1.807, 2.05) is 6.07 Å². The summed E-state index contributed by atoms with van der Waals surface area (Å²) < 4.78 is 83.1. The molecule has 3 aromatic rings. The number of ether oxygens (including phenoxy) is 3. The van der Waals surface area contributed by atoms with Crippen LogP contribution >= 0.6 is 0 Å². The monoisotopic (exact) mass is 535 g/mol. The van der Waals surface area contributed by atoms with E-state index in [1.165, 1.54) is 18.2 Å². The van der Waals surface area contributed by atoms with E-state index in [1.54, 1.807) is 19.2 Å². The molecule has 7 nitrogen and oxygen atoms in total. The van der Waals surface area contributed by atoms with E-state index in [0.717, 1.165) is 54.1 Å². The van der Waals surface area contributed by atoms with Crippen molar-refractivity contribution in [3.63, 3.8) is 0 Å². The molecule has 0 radical (unpaired) electrons. The van der Waals surface area contributed by atoms with Gasteiger partial charge in [-0.2, -0.15) is 8.42 Å². The fourth-order valence-corrected chi connectivity index (χ4v) is 5.84. The van der Waals surface area contributed by atoms with Gasteiger partial charge in [0, 0.05) is 19.1 Å². The predicted octanol–water partition coefficient (Wildman–Crippen LogP) is 5.03. The zero-order valence-electron chi connectivity index (χ0n) is 20.0. The van der Waals surface area contributed by atoms with Crippen LogP contribution < -0.4 is 18.4 Å². The maximum absolute atomic E-state index is 12.9. The number of fused-ring (bicyclic) bond motifs is 4. The zero-order valence-corrected chi connectivity index (χ0v) is 20.9. The van der Waals surface area contributed by atoms with Gasteiger partial charge in [0.05, 0.1) is 14.2 Å². The van der Waals surface area contributed by atoms with Crippen molar-refractivity contribution in [2.24, 2.45) is 0 Å². The van der Waals surface area contributed by atoms with Crippen LogP contribution in [0.15, 0.2) is 59.5 Å². The van der Waals surface area contributed by atoms with Crippen LogP contribution in [0, 0.1) is 0 Å². The lowest BCUT2D eigenvalue weighted by Gasteiger charge is -2.41. The van der Waals surface area contributed by atoms with Crippen molar-refractivity contribution in [3.8, 4) is 23.0 Å². The first-order valence-electron chi connectivity index (χ1n) is 11.5. The van der Waals surface area contributed by atoms with Gasteiger partial charge in [-0.25, -0.2) is 0 Å². The first kappa shape index (κ1) is 25.2. The molecular weight excluding hydrogens is 511 g/mol. The summed E-state index contributed by atoms with van der Waals surface area (Å²) >= 11 is 0. The number of benzene rings is 3. The average molecular weight is 536 g/mol. The molecule has 5 rings (SSSR count). The van der Waals surface area contributed by atoms with Gasteiger partial charge >= 0.3 is 16.5 Å². The molecule has 11 heteroatoms. The fourth-order valence-electron chi connectivity index (χ4n) is 4.90. The number of alkyl halides is 3. The van der Waals surface area contributed by atoms with Gasteiger partial charge in [0.25, 0.3) is 0 Å². The fraction of sp³-hybridized carbons (Fsp3) is 0.308. The van der Waals surface area contributed by atoms with Crippen LogP contribution in [0.4, 0.5) is 13.2 Å². The molecule has 0 spiro atoms. The summed E-state index contributed by atoms with van der Waals surface area (Å²) in [6.45, 7) is 1.56. The second kappa shape index (κ2) is 9.46. The molecule has 0 fully saturated rings. The van der Waals surface area contributed by atoms with Crippen LogP contribution in [0.1, 0.15) is 28.3 Å². The van der Waals surface area contributed by atoms with Crippen molar-refractivity contribution in [1.29, 1.82) is 0 Å². The van der Waals surface area contributed by atoms with Gasteiger partial charge in [0.15, 0.2) is 11.5 Å². The molecule has 196 valence electrons. The maximum atomic E-state index is 12.9. The topological polar surface area (TPSA) is 74.3 Å². The minimum Gasteiger partial charge on any atom is -0.497 e. The van der Waals surface area contributed by atoms with Gasteiger partial charge in [-0.3, -0.25) is 4.90 Å². The lowest BCUT2D eigenvalue weighted by Crippen LogP contribution is -2.39. The predicted molar refractivity (Wildman–Crippen MR) is 127 cm³/mol. The zero-order chi connectivity index (χ0) is 26.4. The highest BCUT2D eigenvalue weighted by molar-refractivity contribution is 7.87. The van der Waals surface area contributed by atoms with Crippen LogP contribution in [0.2, 0.25) is 0 Å². The van der Waals surface area contributed by atoms with E-state index in [9.17, 15) is 21.6 Å². The Kier molecular flexibility index (Phi) is 6.45. The van der Waals surface area contributed by atoms with E-state index in [2.05, 4.69) is 21.8 Å². The summed E-state index contributed by atoms with van der Waals surface area (Å²) in [6, 6.07) is 13.5. The van der Waals surface area contributed by atoms with Gasteiger partial charge in [0.1, 0.15) is 16.4 Å². The summed E-state index contributed by atoms with van der Waals surface area (Å²) in [5.74, 6) is 0.538. The van der Waals surface area contributed by atoms with Gasteiger partial charge in [0.2, 0.25) is 0 Å². The second-order valence-corrected chi connectivity index (χ2v) is 10.4. The number of halogens is 3. The summed E-state index contributed by atoms with van der Waals surface area (Å²) in [6.07, 6.45) is -3.33. The van der Waals surface area contributed by atoms with E-state index >= 15 is 0 Å². The van der Waals surface area contributed by atoms with Crippen LogP contribution in [-0.2, 0) is 29.5 Å². The first-order chi connectivity index (χ1) is 17.6. The number of methoxy groups -OCH3 is 2. The third-order valence-electron chi connectivity index (χ3n) is 6.64. The van der Waals surface area contributed by atoms with Gasteiger partial charge in [-0.05, 0) is 83.6 Å². The lowest BCUT2D eigenvalue weighted by atomic mass is 9.84. The molecule has 3 aromatic carbocycles. The Balaban J connectivity index is 1.42. The molecule has 2 aliphatic rings. The highest BCUT2D eigenvalue weighted by atomic mass is 32.2. The standard InChI is InChI=1S/C26H24F3NO6S/c1-33-20-5-8-22-16(11-20)9-10-30-15-18-14-24(34-2)25(13-17(18)12-23(22)30)36-37(31,32)21-6-3-19(4-7-21)35-26(27,28)29/h3-8,11,13-14,23H,9-10,12,15H2,1-2H3. The van der Waals surface area contributed by atoms with E-state index in [4.69, 9.17) is 13.7 Å². The largest absolute Gasteiger partial charge is 0.573 e. The molecule has 0 saturated carbocycles. The molecule has 0 aliphatic carbocycles. The SMILES string of the molecule is COc1ccc2c(c1)CCN1Cc3cc(OC)c(OS(=O)(=O)c4ccc(OC(F)(F)F)cc4)cc3CC21. The Labute approximate surface area is 212 Å². The van der Waals surface area contributed by atoms with Crippen LogP contribution in [0.5, 0.6) is 23.0 Å². The van der Waals surface area contributed by atoms with Crippen molar-refractivity contribution in [2.45, 2.75) is 36.7 Å². The third-order valence-corrected chi connectivity index (χ3v) is 7.88. The molecule has 0 N–H and O–H groups in total. The van der Waals surface area contributed by atoms with Crippen LogP contribution in [0.25, 0.3) is 0 Å². The molecule has 0 aromatic heterocycles. The molecular formula is C26H24F3NO6S. The number of hydrogen-bond donors (Lipinski definition) is 0. The molecule has 0 bridgehead atoms. The Morgan fingerprint density at radius 3 is 2.24 bits per heavy atom. The van der Waals surface area contributed by atoms with Crippen molar-refractivity contribution < 1.29 is 40.0 Å². The molecule has 2 heterocycles. The van der Waals surface area contributed by atoms with E-state index in [-0.39, 0.29) is 22.4 Å². The minimum absolute atomic E-state index is 0.0103. The Morgan fingerprint density at radius 2 is 1.57 bits per heavy atom. The minimum atomic E-state index is -4.88. The normalized spacial score (nSPS) is 17.3. The van der Waals surface area contributed by atoms with Crippen molar-refractivity contribution in [3.05, 3.63) is 76.9 Å². The van der Waals surface area contributed by atoms with E-state index in [0.29, 0.717) is 13.0 Å². The van der Waals surface area contributed by atoms with Crippen molar-refractivity contribution in [1.82, 2.24) is 4.90 Å². The van der Waals surface area contributed by atoms with Gasteiger partial charge < -0.3 is 18.4 Å². The molecule has 0 amide bonds. The number of hydrogen-bond acceptors (Lipinski definition) is 7. The van der Waals surface area contributed by atoms with Gasteiger partial charge in [-0.15, -0.1) is 13.2 Å². The Bertz CT molecular complexity index is 1420. The van der Waals surface area contributed by atoms with E-state index < -0.39 is 22.2 Å². The van der Waals surface area contributed by atoms with Crippen molar-refractivity contribution in [2.75, 3.05) is 20.8 Å². The highest BCUT2D eigenvalue weighted by Crippen LogP contribution is 2.43. The smallest absolute Gasteiger partial charge is 0.497 e. The van der Waals surface area contributed by atoms with Crippen LogP contribution in [0.3, 0.4) is 0 Å². The molecule has 1 atom stereocenters. The van der Waals surface area contributed by atoms with Crippen LogP contribution in [-0.4, -0.2) is 40.4 Å². The third kappa shape index (κ3) is 5.19. The average Bonchev–Trinajstić information content (AvgIpc) is 2.86. The highest BCUT2D eigenvalue weighted by Gasteiger charge is 2.34. The molecule has 2 aliphatic heterocycles. The molecule has 1 unspecified atom stereocenters. The second-order valence-electron chi connectivity index (χ2n) is 8.83. The Hall–Kier alpha value is -3.44.